The van der Waals surface area contributed by atoms with Crippen LogP contribution in [-0.4, -0.2) is 16.8 Å². The van der Waals surface area contributed by atoms with Crippen LogP contribution in [0, 0.1) is 0 Å². The molecule has 0 saturated heterocycles. The van der Waals surface area contributed by atoms with E-state index >= 15 is 0 Å². The summed E-state index contributed by atoms with van der Waals surface area (Å²) in [5.41, 5.74) is 1.77. The van der Waals surface area contributed by atoms with Gasteiger partial charge in [0.25, 0.3) is 5.56 Å². The number of fused-ring (bicyclic) bond motifs is 1. The lowest BCUT2D eigenvalue weighted by Gasteiger charge is -2.05. The van der Waals surface area contributed by atoms with Crippen LogP contribution in [-0.2, 0) is 6.54 Å². The van der Waals surface area contributed by atoms with Crippen LogP contribution in [0.3, 0.4) is 0 Å². The Morgan fingerprint density at radius 2 is 2.21 bits per heavy atom. The Balaban J connectivity index is 1.99. The van der Waals surface area contributed by atoms with E-state index in [0.29, 0.717) is 6.54 Å². The summed E-state index contributed by atoms with van der Waals surface area (Å²) < 4.78 is 2.72. The van der Waals surface area contributed by atoms with Gasteiger partial charge in [-0.05, 0) is 22.4 Å². The van der Waals surface area contributed by atoms with Crippen LogP contribution in [0.25, 0.3) is 10.1 Å². The van der Waals surface area contributed by atoms with Crippen LogP contribution in [0.2, 0.25) is 0 Å². The second-order valence-electron chi connectivity index (χ2n) is 4.25. The highest BCUT2D eigenvalue weighted by atomic mass is 32.1. The molecule has 2 heterocycles. The first kappa shape index (κ1) is 11.9. The SMILES string of the molecule is CNc1cnn(Cc2csc3ccccc23)c(=O)c1. The predicted octanol–water partition coefficient (Wildman–Crippen LogP) is 2.55. The average Bonchev–Trinajstić information content (AvgIpc) is 2.84. The third-order valence-electron chi connectivity index (χ3n) is 3.04. The van der Waals surface area contributed by atoms with Gasteiger partial charge >= 0.3 is 0 Å². The van der Waals surface area contributed by atoms with Crippen molar-refractivity contribution >= 4 is 27.1 Å². The summed E-state index contributed by atoms with van der Waals surface area (Å²) in [5, 5.41) is 10.4. The molecule has 3 rings (SSSR count). The minimum atomic E-state index is -0.0952. The molecule has 0 unspecified atom stereocenters. The van der Waals surface area contributed by atoms with Crippen molar-refractivity contribution in [3.8, 4) is 0 Å². The number of hydrogen-bond acceptors (Lipinski definition) is 4. The number of benzene rings is 1. The van der Waals surface area contributed by atoms with Crippen LogP contribution < -0.4 is 10.9 Å². The van der Waals surface area contributed by atoms with Crippen molar-refractivity contribution in [1.29, 1.82) is 0 Å². The molecule has 0 spiro atoms. The molecule has 1 N–H and O–H groups in total. The van der Waals surface area contributed by atoms with Gasteiger partial charge in [0.1, 0.15) is 0 Å². The highest BCUT2D eigenvalue weighted by Crippen LogP contribution is 2.25. The van der Waals surface area contributed by atoms with Gasteiger partial charge < -0.3 is 5.32 Å². The first-order valence-corrected chi connectivity index (χ1v) is 6.86. The number of anilines is 1. The zero-order valence-electron chi connectivity index (χ0n) is 10.5. The van der Waals surface area contributed by atoms with E-state index in [-0.39, 0.29) is 5.56 Å². The van der Waals surface area contributed by atoms with Gasteiger partial charge in [0.15, 0.2) is 0 Å². The van der Waals surface area contributed by atoms with Gasteiger partial charge in [-0.1, -0.05) is 18.2 Å². The monoisotopic (exact) mass is 271 g/mol. The van der Waals surface area contributed by atoms with Crippen molar-refractivity contribution in [3.05, 3.63) is 57.8 Å². The minimum Gasteiger partial charge on any atom is -0.387 e. The summed E-state index contributed by atoms with van der Waals surface area (Å²) in [5.74, 6) is 0. The Labute approximate surface area is 114 Å². The topological polar surface area (TPSA) is 46.9 Å². The quantitative estimate of drug-likeness (QED) is 0.796. The number of nitrogens with zero attached hydrogens (tertiary/aromatic N) is 2. The molecule has 4 nitrogen and oxygen atoms in total. The van der Waals surface area contributed by atoms with Crippen LogP contribution in [0.15, 0.2) is 46.7 Å². The maximum atomic E-state index is 11.9. The fraction of sp³-hybridized carbons (Fsp3) is 0.143. The molecule has 0 bridgehead atoms. The highest BCUT2D eigenvalue weighted by Gasteiger charge is 2.06. The van der Waals surface area contributed by atoms with Gasteiger partial charge in [-0.2, -0.15) is 5.10 Å². The number of aromatic nitrogens is 2. The Hall–Kier alpha value is -2.14. The highest BCUT2D eigenvalue weighted by molar-refractivity contribution is 7.17. The normalized spacial score (nSPS) is 10.8. The summed E-state index contributed by atoms with van der Waals surface area (Å²) in [7, 11) is 1.77. The van der Waals surface area contributed by atoms with Crippen molar-refractivity contribution in [2.75, 3.05) is 12.4 Å². The first-order chi connectivity index (χ1) is 9.28. The zero-order chi connectivity index (χ0) is 13.2. The summed E-state index contributed by atoms with van der Waals surface area (Å²) in [4.78, 5) is 11.9. The molecule has 2 aromatic heterocycles. The molecule has 5 heteroatoms. The molecule has 0 fully saturated rings. The fourth-order valence-corrected chi connectivity index (χ4v) is 2.96. The molecule has 96 valence electrons. The van der Waals surface area contributed by atoms with Crippen molar-refractivity contribution in [3.63, 3.8) is 0 Å². The zero-order valence-corrected chi connectivity index (χ0v) is 11.3. The van der Waals surface area contributed by atoms with Gasteiger partial charge in [0.2, 0.25) is 0 Å². The molecule has 0 aliphatic carbocycles. The predicted molar refractivity (Wildman–Crippen MR) is 79.0 cm³/mol. The third kappa shape index (κ3) is 2.24. The van der Waals surface area contributed by atoms with E-state index in [4.69, 9.17) is 0 Å². The average molecular weight is 271 g/mol. The molecule has 0 atom stereocenters. The van der Waals surface area contributed by atoms with E-state index in [0.717, 1.165) is 11.3 Å². The van der Waals surface area contributed by atoms with Gasteiger partial charge in [0.05, 0.1) is 18.4 Å². The fourth-order valence-electron chi connectivity index (χ4n) is 2.01. The molecule has 0 amide bonds. The second kappa shape index (κ2) is 4.85. The molecule has 1 aromatic carbocycles. The summed E-state index contributed by atoms with van der Waals surface area (Å²) in [6, 6.07) is 9.76. The lowest BCUT2D eigenvalue weighted by atomic mass is 10.2. The molecule has 19 heavy (non-hydrogen) atoms. The molecular formula is C14H13N3OS. The van der Waals surface area contributed by atoms with Crippen molar-refractivity contribution in [2.24, 2.45) is 0 Å². The largest absolute Gasteiger partial charge is 0.387 e. The van der Waals surface area contributed by atoms with Crippen molar-refractivity contribution < 1.29 is 0 Å². The van der Waals surface area contributed by atoms with E-state index in [1.807, 2.05) is 12.1 Å². The lowest BCUT2D eigenvalue weighted by Crippen LogP contribution is -2.22. The van der Waals surface area contributed by atoms with Gasteiger partial charge in [0, 0.05) is 17.8 Å². The molecule has 3 aromatic rings. The number of nitrogens with one attached hydrogen (secondary N) is 1. The van der Waals surface area contributed by atoms with Gasteiger partial charge in [-0.25, -0.2) is 4.68 Å². The summed E-state index contributed by atoms with van der Waals surface area (Å²) in [6.45, 7) is 0.507. The smallest absolute Gasteiger partial charge is 0.269 e. The molecule has 0 aliphatic rings. The molecular weight excluding hydrogens is 258 g/mol. The van der Waals surface area contributed by atoms with E-state index in [1.54, 1.807) is 30.6 Å². The Morgan fingerprint density at radius 3 is 3.00 bits per heavy atom. The van der Waals surface area contributed by atoms with Gasteiger partial charge in [-0.3, -0.25) is 4.79 Å². The second-order valence-corrected chi connectivity index (χ2v) is 5.16. The Morgan fingerprint density at radius 1 is 1.37 bits per heavy atom. The molecule has 0 aliphatic heterocycles. The van der Waals surface area contributed by atoms with Gasteiger partial charge in [-0.15, -0.1) is 11.3 Å². The number of thiophene rings is 1. The van der Waals surface area contributed by atoms with E-state index in [9.17, 15) is 4.79 Å². The maximum Gasteiger partial charge on any atom is 0.269 e. The summed E-state index contributed by atoms with van der Waals surface area (Å²) >= 11 is 1.69. The Bertz CT molecular complexity index is 775. The van der Waals surface area contributed by atoms with E-state index in [2.05, 4.69) is 27.9 Å². The minimum absolute atomic E-state index is 0.0952. The molecule has 0 radical (unpaired) electrons. The van der Waals surface area contributed by atoms with E-state index < -0.39 is 0 Å². The van der Waals surface area contributed by atoms with E-state index in [1.165, 1.54) is 14.8 Å². The number of rotatable bonds is 3. The number of hydrogen-bond donors (Lipinski definition) is 1. The summed E-state index contributed by atoms with van der Waals surface area (Å²) in [6.07, 6.45) is 1.66. The lowest BCUT2D eigenvalue weighted by molar-refractivity contribution is 0.643. The van der Waals surface area contributed by atoms with Crippen molar-refractivity contribution in [1.82, 2.24) is 9.78 Å². The maximum absolute atomic E-state index is 11.9. The van der Waals surface area contributed by atoms with Crippen LogP contribution in [0.1, 0.15) is 5.56 Å². The first-order valence-electron chi connectivity index (χ1n) is 5.98. The molecule has 0 saturated carbocycles. The van der Waals surface area contributed by atoms with Crippen LogP contribution in [0.4, 0.5) is 5.69 Å². The van der Waals surface area contributed by atoms with Crippen molar-refractivity contribution in [2.45, 2.75) is 6.54 Å². The van der Waals surface area contributed by atoms with Crippen LogP contribution in [0.5, 0.6) is 0 Å². The Kier molecular flexibility index (Phi) is 3.05. The van der Waals surface area contributed by atoms with Crippen LogP contribution >= 0.6 is 11.3 Å². The standard InChI is InChI=1S/C14H13N3OS/c1-15-11-6-14(18)17(16-7-11)8-10-9-19-13-5-3-2-4-12(10)13/h2-7,9,15H,8H2,1H3. The third-order valence-corrected chi connectivity index (χ3v) is 4.05.